The first-order valence-corrected chi connectivity index (χ1v) is 3.70. The van der Waals surface area contributed by atoms with E-state index in [2.05, 4.69) is 0 Å². The van der Waals surface area contributed by atoms with Gasteiger partial charge in [0.15, 0.2) is 6.10 Å². The Labute approximate surface area is 65.1 Å². The van der Waals surface area contributed by atoms with E-state index in [1.54, 1.807) is 6.92 Å². The van der Waals surface area contributed by atoms with Crippen molar-refractivity contribution in [2.24, 2.45) is 0 Å². The number of carbonyl (C=O) groups excluding carboxylic acids is 1. The Bertz CT molecular complexity index is 145. The van der Waals surface area contributed by atoms with Crippen LogP contribution in [-0.2, 0) is 14.3 Å². The van der Waals surface area contributed by atoms with Crippen LogP contribution in [0.15, 0.2) is 0 Å². The number of esters is 1. The fourth-order valence-corrected chi connectivity index (χ4v) is 1.01. The van der Waals surface area contributed by atoms with Gasteiger partial charge in [-0.05, 0) is 6.92 Å². The van der Waals surface area contributed by atoms with Crippen molar-refractivity contribution in [1.29, 1.82) is 0 Å². The Morgan fingerprint density at radius 3 is 3.00 bits per heavy atom. The fourth-order valence-electron chi connectivity index (χ4n) is 1.01. The van der Waals surface area contributed by atoms with Gasteiger partial charge < -0.3 is 14.6 Å². The van der Waals surface area contributed by atoms with Crippen molar-refractivity contribution < 1.29 is 19.4 Å². The molecule has 64 valence electrons. The molecule has 0 aromatic rings. The van der Waals surface area contributed by atoms with Gasteiger partial charge in [-0.15, -0.1) is 0 Å². The summed E-state index contributed by atoms with van der Waals surface area (Å²) in [5, 5.41) is 8.98. The minimum absolute atomic E-state index is 0.240. The van der Waals surface area contributed by atoms with Gasteiger partial charge in [-0.3, -0.25) is 0 Å². The Morgan fingerprint density at radius 1 is 1.82 bits per heavy atom. The van der Waals surface area contributed by atoms with Crippen LogP contribution in [0.25, 0.3) is 0 Å². The average molecular weight is 160 g/mol. The Hall–Kier alpha value is -0.610. The maximum absolute atomic E-state index is 10.9. The van der Waals surface area contributed by atoms with Gasteiger partial charge in [-0.1, -0.05) is 0 Å². The molecule has 0 amide bonds. The van der Waals surface area contributed by atoms with Crippen molar-refractivity contribution in [3.8, 4) is 0 Å². The highest BCUT2D eigenvalue weighted by atomic mass is 16.6. The van der Waals surface area contributed by atoms with Gasteiger partial charge in [0.25, 0.3) is 0 Å². The summed E-state index contributed by atoms with van der Waals surface area (Å²) in [6.07, 6.45) is -0.701. The molecule has 0 saturated carbocycles. The Morgan fingerprint density at radius 2 is 2.55 bits per heavy atom. The van der Waals surface area contributed by atoms with Crippen LogP contribution in [0.4, 0.5) is 0 Å². The van der Waals surface area contributed by atoms with Gasteiger partial charge in [0.05, 0.1) is 19.3 Å². The average Bonchev–Trinajstić information content (AvgIpc) is 2.36. The minimum atomic E-state index is -0.551. The second-order valence-electron chi connectivity index (χ2n) is 2.46. The normalized spacial score (nSPS) is 30.4. The van der Waals surface area contributed by atoms with Crippen LogP contribution in [0.3, 0.4) is 0 Å². The molecule has 0 unspecified atom stereocenters. The van der Waals surface area contributed by atoms with Crippen molar-refractivity contribution in [2.75, 3.05) is 13.2 Å². The molecule has 1 heterocycles. The molecule has 1 aliphatic rings. The van der Waals surface area contributed by atoms with Crippen LogP contribution in [0.2, 0.25) is 0 Å². The molecule has 1 saturated heterocycles. The van der Waals surface area contributed by atoms with E-state index in [1.165, 1.54) is 0 Å². The lowest BCUT2D eigenvalue weighted by Crippen LogP contribution is -2.22. The van der Waals surface area contributed by atoms with Gasteiger partial charge in [0.2, 0.25) is 0 Å². The molecule has 0 radical (unpaired) electrons. The summed E-state index contributed by atoms with van der Waals surface area (Å²) in [6.45, 7) is 2.33. The van der Waals surface area contributed by atoms with Gasteiger partial charge in [0.1, 0.15) is 0 Å². The summed E-state index contributed by atoms with van der Waals surface area (Å²) in [4.78, 5) is 10.9. The van der Waals surface area contributed by atoms with E-state index < -0.39 is 12.2 Å². The molecule has 1 fully saturated rings. The standard InChI is InChI=1S/C7H12O4/c1-2-10-7(9)6-3-5(8)4-11-6/h5-6,8H,2-4H2,1H3/t5-,6+/m1/s1. The van der Waals surface area contributed by atoms with Gasteiger partial charge in [-0.2, -0.15) is 0 Å². The lowest BCUT2D eigenvalue weighted by Gasteiger charge is -2.06. The number of hydrogen-bond acceptors (Lipinski definition) is 4. The summed E-state index contributed by atoms with van der Waals surface area (Å²) in [7, 11) is 0. The van der Waals surface area contributed by atoms with Crippen molar-refractivity contribution in [3.05, 3.63) is 0 Å². The van der Waals surface area contributed by atoms with Crippen LogP contribution in [0, 0.1) is 0 Å². The second kappa shape index (κ2) is 3.69. The van der Waals surface area contributed by atoms with Gasteiger partial charge in [0, 0.05) is 6.42 Å². The lowest BCUT2D eigenvalue weighted by molar-refractivity contribution is -0.153. The van der Waals surface area contributed by atoms with Crippen LogP contribution < -0.4 is 0 Å². The largest absolute Gasteiger partial charge is 0.464 e. The zero-order valence-electron chi connectivity index (χ0n) is 6.45. The van der Waals surface area contributed by atoms with Crippen LogP contribution in [0.1, 0.15) is 13.3 Å². The number of aliphatic hydroxyl groups excluding tert-OH is 1. The van der Waals surface area contributed by atoms with Crippen molar-refractivity contribution >= 4 is 5.97 Å². The van der Waals surface area contributed by atoms with E-state index in [0.717, 1.165) is 0 Å². The molecule has 0 spiro atoms. The number of aliphatic hydroxyl groups is 1. The smallest absolute Gasteiger partial charge is 0.335 e. The number of rotatable bonds is 2. The first-order chi connectivity index (χ1) is 5.24. The predicted molar refractivity (Wildman–Crippen MR) is 37.0 cm³/mol. The fraction of sp³-hybridized carbons (Fsp3) is 0.857. The molecule has 11 heavy (non-hydrogen) atoms. The van der Waals surface area contributed by atoms with Crippen LogP contribution >= 0.6 is 0 Å². The van der Waals surface area contributed by atoms with Crippen LogP contribution in [-0.4, -0.2) is 36.5 Å². The molecule has 0 aliphatic carbocycles. The molecule has 1 rings (SSSR count). The molecule has 1 N–H and O–H groups in total. The molecular formula is C7H12O4. The maximum Gasteiger partial charge on any atom is 0.335 e. The first kappa shape index (κ1) is 8.49. The van der Waals surface area contributed by atoms with Crippen molar-refractivity contribution in [2.45, 2.75) is 25.6 Å². The molecule has 0 bridgehead atoms. The molecule has 0 aromatic carbocycles. The van der Waals surface area contributed by atoms with E-state index in [0.29, 0.717) is 13.0 Å². The topological polar surface area (TPSA) is 55.8 Å². The van der Waals surface area contributed by atoms with E-state index in [4.69, 9.17) is 14.6 Å². The first-order valence-electron chi connectivity index (χ1n) is 3.70. The molecule has 2 atom stereocenters. The van der Waals surface area contributed by atoms with Crippen molar-refractivity contribution in [1.82, 2.24) is 0 Å². The molecular weight excluding hydrogens is 148 g/mol. The second-order valence-corrected chi connectivity index (χ2v) is 2.46. The molecule has 4 heteroatoms. The summed E-state index contributed by atoms with van der Waals surface area (Å²) >= 11 is 0. The summed E-state index contributed by atoms with van der Waals surface area (Å²) < 4.78 is 9.65. The minimum Gasteiger partial charge on any atom is -0.464 e. The SMILES string of the molecule is CCOC(=O)[C@@H]1C[C@@H](O)CO1. The molecule has 4 nitrogen and oxygen atoms in total. The third-order valence-corrected chi connectivity index (χ3v) is 1.53. The highest BCUT2D eigenvalue weighted by Gasteiger charge is 2.30. The van der Waals surface area contributed by atoms with E-state index in [9.17, 15) is 4.79 Å². The Balaban J connectivity index is 2.31. The van der Waals surface area contributed by atoms with E-state index >= 15 is 0 Å². The number of ether oxygens (including phenoxy) is 2. The summed E-state index contributed by atoms with van der Waals surface area (Å²) in [5.41, 5.74) is 0. The summed E-state index contributed by atoms with van der Waals surface area (Å²) in [5.74, 6) is -0.371. The number of carbonyl (C=O) groups is 1. The zero-order chi connectivity index (χ0) is 8.27. The van der Waals surface area contributed by atoms with Crippen LogP contribution in [0.5, 0.6) is 0 Å². The van der Waals surface area contributed by atoms with Gasteiger partial charge in [-0.25, -0.2) is 4.79 Å². The maximum atomic E-state index is 10.9. The van der Waals surface area contributed by atoms with E-state index in [-0.39, 0.29) is 12.6 Å². The third-order valence-electron chi connectivity index (χ3n) is 1.53. The third kappa shape index (κ3) is 2.17. The van der Waals surface area contributed by atoms with E-state index in [1.807, 2.05) is 0 Å². The zero-order valence-corrected chi connectivity index (χ0v) is 6.45. The molecule has 1 aliphatic heterocycles. The number of hydrogen-bond donors (Lipinski definition) is 1. The molecule has 0 aromatic heterocycles. The quantitative estimate of drug-likeness (QED) is 0.563. The Kier molecular flexibility index (Phi) is 2.84. The highest BCUT2D eigenvalue weighted by Crippen LogP contribution is 2.13. The monoisotopic (exact) mass is 160 g/mol. The predicted octanol–water partition coefficient (Wildman–Crippen LogP) is -0.301. The highest BCUT2D eigenvalue weighted by molar-refractivity contribution is 5.75. The van der Waals surface area contributed by atoms with Crippen molar-refractivity contribution in [3.63, 3.8) is 0 Å². The lowest BCUT2D eigenvalue weighted by atomic mass is 10.2. The summed E-state index contributed by atoms with van der Waals surface area (Å²) in [6, 6.07) is 0. The van der Waals surface area contributed by atoms with Gasteiger partial charge >= 0.3 is 5.97 Å².